The summed E-state index contributed by atoms with van der Waals surface area (Å²) >= 11 is 0. The molecular weight excluding hydrogens is 432 g/mol. The average Bonchev–Trinajstić information content (AvgIpc) is 3.31. The third kappa shape index (κ3) is 4.88. The van der Waals surface area contributed by atoms with Gasteiger partial charge in [0.15, 0.2) is 0 Å². The highest BCUT2D eigenvalue weighted by molar-refractivity contribution is 5.86. The summed E-state index contributed by atoms with van der Waals surface area (Å²) in [5, 5.41) is 1.07. The van der Waals surface area contributed by atoms with Crippen molar-refractivity contribution < 1.29 is 23.8 Å². The summed E-state index contributed by atoms with van der Waals surface area (Å²) in [6.45, 7) is 3.20. The van der Waals surface area contributed by atoms with Gasteiger partial charge in [-0.25, -0.2) is 0 Å². The number of ether oxygens (including phenoxy) is 3. The Morgan fingerprint density at radius 3 is 2.71 bits per heavy atom. The molecule has 7 nitrogen and oxygen atoms in total. The number of benzene rings is 2. The Bertz CT molecular complexity index is 1150. The van der Waals surface area contributed by atoms with E-state index in [1.54, 1.807) is 21.1 Å². The van der Waals surface area contributed by atoms with Crippen LogP contribution in [0, 0.1) is 5.92 Å². The number of rotatable bonds is 8. The fraction of sp³-hybridized carbons (Fsp3) is 0.407. The van der Waals surface area contributed by atoms with Gasteiger partial charge in [0.25, 0.3) is 0 Å². The highest BCUT2D eigenvalue weighted by Gasteiger charge is 2.32. The van der Waals surface area contributed by atoms with Crippen LogP contribution in [0.2, 0.25) is 0 Å². The molecule has 2 heterocycles. The molecule has 4 rings (SSSR count). The molecule has 0 spiro atoms. The zero-order valence-electron chi connectivity index (χ0n) is 20.0. The molecule has 1 saturated heterocycles. The Hall–Kier alpha value is -3.48. The van der Waals surface area contributed by atoms with Gasteiger partial charge >= 0.3 is 5.97 Å². The lowest BCUT2D eigenvalue weighted by Gasteiger charge is -2.33. The topological polar surface area (TPSA) is 80.9 Å². The third-order valence-corrected chi connectivity index (χ3v) is 6.59. The number of piperidine rings is 1. The van der Waals surface area contributed by atoms with Crippen LogP contribution >= 0.6 is 0 Å². The Labute approximate surface area is 200 Å². The number of para-hydroxylation sites is 1. The maximum atomic E-state index is 13.6. The maximum Gasteiger partial charge on any atom is 0.310 e. The number of nitrogens with one attached hydrogen (secondary N) is 1. The molecule has 1 aromatic heterocycles. The van der Waals surface area contributed by atoms with Crippen LogP contribution in [0.4, 0.5) is 0 Å². The lowest BCUT2D eigenvalue weighted by Crippen LogP contribution is -2.43. The number of carbonyl (C=O) groups excluding carboxylic acids is 2. The van der Waals surface area contributed by atoms with E-state index in [0.717, 1.165) is 34.9 Å². The van der Waals surface area contributed by atoms with Crippen LogP contribution in [0.3, 0.4) is 0 Å². The van der Waals surface area contributed by atoms with Crippen molar-refractivity contribution in [1.82, 2.24) is 9.88 Å². The predicted molar refractivity (Wildman–Crippen MR) is 130 cm³/mol. The van der Waals surface area contributed by atoms with Crippen molar-refractivity contribution in [3.8, 4) is 11.5 Å². The van der Waals surface area contributed by atoms with Crippen molar-refractivity contribution in [3.05, 3.63) is 59.8 Å². The van der Waals surface area contributed by atoms with E-state index in [-0.39, 0.29) is 30.1 Å². The van der Waals surface area contributed by atoms with Crippen molar-refractivity contribution >= 4 is 22.8 Å². The highest BCUT2D eigenvalue weighted by atomic mass is 16.5. The summed E-state index contributed by atoms with van der Waals surface area (Å²) in [5.41, 5.74) is 2.97. The second-order valence-electron chi connectivity index (χ2n) is 8.59. The van der Waals surface area contributed by atoms with Gasteiger partial charge in [0, 0.05) is 54.2 Å². The zero-order chi connectivity index (χ0) is 24.1. The number of carbonyl (C=O) groups is 2. The minimum absolute atomic E-state index is 0.0159. The summed E-state index contributed by atoms with van der Waals surface area (Å²) < 4.78 is 16.3. The average molecular weight is 465 g/mol. The Morgan fingerprint density at radius 2 is 1.94 bits per heavy atom. The molecule has 34 heavy (non-hydrogen) atoms. The molecule has 0 saturated carbocycles. The molecule has 3 aromatic rings. The summed E-state index contributed by atoms with van der Waals surface area (Å²) in [7, 11) is 3.24. The van der Waals surface area contributed by atoms with Crippen LogP contribution in [0.25, 0.3) is 10.9 Å². The van der Waals surface area contributed by atoms with Crippen molar-refractivity contribution in [2.45, 2.75) is 32.1 Å². The minimum atomic E-state index is -0.264. The Balaban J connectivity index is 1.67. The summed E-state index contributed by atoms with van der Waals surface area (Å²) in [6, 6.07) is 13.8. The van der Waals surface area contributed by atoms with Crippen molar-refractivity contribution in [2.24, 2.45) is 5.92 Å². The van der Waals surface area contributed by atoms with Gasteiger partial charge in [-0.05, 0) is 37.5 Å². The fourth-order valence-electron chi connectivity index (χ4n) is 4.84. The number of aromatic amines is 1. The van der Waals surface area contributed by atoms with Crippen LogP contribution in [-0.4, -0.2) is 55.7 Å². The molecule has 180 valence electrons. The van der Waals surface area contributed by atoms with Gasteiger partial charge in [-0.2, -0.15) is 0 Å². The second kappa shape index (κ2) is 10.6. The Morgan fingerprint density at radius 1 is 1.12 bits per heavy atom. The van der Waals surface area contributed by atoms with E-state index < -0.39 is 0 Å². The summed E-state index contributed by atoms with van der Waals surface area (Å²) in [4.78, 5) is 31.0. The number of aromatic nitrogens is 1. The lowest BCUT2D eigenvalue weighted by atomic mass is 9.86. The van der Waals surface area contributed by atoms with Crippen LogP contribution in [-0.2, 0) is 14.3 Å². The maximum absolute atomic E-state index is 13.6. The quantitative estimate of drug-likeness (QED) is 0.496. The molecule has 2 atom stereocenters. The number of amides is 1. The van der Waals surface area contributed by atoms with Gasteiger partial charge in [0.2, 0.25) is 5.91 Å². The van der Waals surface area contributed by atoms with E-state index in [1.165, 1.54) is 0 Å². The van der Waals surface area contributed by atoms with Gasteiger partial charge in [0.1, 0.15) is 11.5 Å². The first-order chi connectivity index (χ1) is 16.5. The van der Waals surface area contributed by atoms with E-state index >= 15 is 0 Å². The number of fused-ring (bicyclic) bond motifs is 1. The summed E-state index contributed by atoms with van der Waals surface area (Å²) in [6.07, 6.45) is 3.78. The van der Waals surface area contributed by atoms with Gasteiger partial charge in [0.05, 0.1) is 26.7 Å². The second-order valence-corrected chi connectivity index (χ2v) is 8.59. The van der Waals surface area contributed by atoms with Crippen LogP contribution < -0.4 is 9.47 Å². The molecule has 0 bridgehead atoms. The van der Waals surface area contributed by atoms with E-state index in [2.05, 4.69) is 11.1 Å². The van der Waals surface area contributed by atoms with Crippen molar-refractivity contribution in [1.29, 1.82) is 0 Å². The molecule has 1 fully saturated rings. The number of hydrogen-bond acceptors (Lipinski definition) is 5. The molecule has 7 heteroatoms. The van der Waals surface area contributed by atoms with Gasteiger partial charge in [-0.3, -0.25) is 9.59 Å². The molecular formula is C27H32N2O5. The van der Waals surface area contributed by atoms with E-state index in [9.17, 15) is 9.59 Å². The number of esters is 1. The van der Waals surface area contributed by atoms with Gasteiger partial charge < -0.3 is 24.1 Å². The molecule has 1 N–H and O–H groups in total. The van der Waals surface area contributed by atoms with Gasteiger partial charge in [-0.15, -0.1) is 0 Å². The van der Waals surface area contributed by atoms with Crippen LogP contribution in [0.5, 0.6) is 11.5 Å². The minimum Gasteiger partial charge on any atom is -0.497 e. The normalized spacial score (nSPS) is 16.8. The monoisotopic (exact) mass is 464 g/mol. The predicted octanol–water partition coefficient (Wildman–Crippen LogP) is 4.51. The molecule has 2 unspecified atom stereocenters. The van der Waals surface area contributed by atoms with E-state index in [1.807, 2.05) is 47.5 Å². The van der Waals surface area contributed by atoms with Crippen LogP contribution in [0.1, 0.15) is 43.2 Å². The number of likely N-dealkylation sites (tertiary alicyclic amines) is 1. The number of nitrogens with zero attached hydrogens (tertiary/aromatic N) is 1. The first kappa shape index (κ1) is 23.7. The third-order valence-electron chi connectivity index (χ3n) is 6.59. The molecule has 1 aliphatic rings. The van der Waals surface area contributed by atoms with Gasteiger partial charge in [-0.1, -0.05) is 24.3 Å². The summed E-state index contributed by atoms with van der Waals surface area (Å²) in [5.74, 6) is 0.669. The lowest BCUT2D eigenvalue weighted by molar-refractivity contribution is -0.151. The first-order valence-corrected chi connectivity index (χ1v) is 11.8. The molecule has 1 amide bonds. The Kier molecular flexibility index (Phi) is 7.40. The fourth-order valence-corrected chi connectivity index (χ4v) is 4.84. The number of H-pyrrole nitrogens is 1. The smallest absolute Gasteiger partial charge is 0.310 e. The van der Waals surface area contributed by atoms with E-state index in [4.69, 9.17) is 14.2 Å². The molecule has 0 aliphatic carbocycles. The molecule has 1 aliphatic heterocycles. The largest absolute Gasteiger partial charge is 0.497 e. The number of hydrogen-bond donors (Lipinski definition) is 1. The first-order valence-electron chi connectivity index (χ1n) is 11.8. The molecule has 0 radical (unpaired) electrons. The SMILES string of the molecule is CCOC(=O)C1CCCN(C(=O)CC(c2ccc(OC)cc2OC)c2c[nH]c3ccccc23)C1. The highest BCUT2D eigenvalue weighted by Crippen LogP contribution is 2.40. The molecule has 2 aromatic carbocycles. The number of methoxy groups -OCH3 is 2. The zero-order valence-corrected chi connectivity index (χ0v) is 20.0. The van der Waals surface area contributed by atoms with Crippen LogP contribution in [0.15, 0.2) is 48.7 Å². The van der Waals surface area contributed by atoms with Crippen molar-refractivity contribution in [3.63, 3.8) is 0 Å². The standard InChI is InChI=1S/C27H32N2O5/c1-4-34-27(31)18-8-7-13-29(17-18)26(30)15-22(21-12-11-19(32-2)14-25(21)33-3)23-16-28-24-10-6-5-9-20(23)24/h5-6,9-12,14,16,18,22,28H,4,7-8,13,15,17H2,1-3H3. The van der Waals surface area contributed by atoms with Crippen molar-refractivity contribution in [2.75, 3.05) is 33.9 Å². The van der Waals surface area contributed by atoms with E-state index in [0.29, 0.717) is 31.2 Å².